The van der Waals surface area contributed by atoms with Crippen LogP contribution in [0.3, 0.4) is 0 Å². The van der Waals surface area contributed by atoms with E-state index in [0.717, 1.165) is 10.9 Å². The minimum Gasteiger partial charge on any atom is -0.271 e. The minimum atomic E-state index is -0.573. The maximum Gasteiger partial charge on any atom is 0.129 e. The van der Waals surface area contributed by atoms with Gasteiger partial charge in [-0.25, -0.2) is 8.78 Å². The Labute approximate surface area is 108 Å². The first-order valence-electron chi connectivity index (χ1n) is 5.46. The summed E-state index contributed by atoms with van der Waals surface area (Å²) >= 11 is 1.52. The lowest BCUT2D eigenvalue weighted by Crippen LogP contribution is -2.38. The molecule has 1 aromatic carbocycles. The fraction of sp³-hybridized carbons (Fsp3) is 0.250. The molecule has 2 rings (SSSR count). The Morgan fingerprint density at radius 1 is 1.33 bits per heavy atom. The van der Waals surface area contributed by atoms with Crippen LogP contribution in [0.1, 0.15) is 10.4 Å². The van der Waals surface area contributed by atoms with Crippen LogP contribution < -0.4 is 11.3 Å². The highest BCUT2D eigenvalue weighted by molar-refractivity contribution is 7.09. The number of nitrogens with one attached hydrogen (secondary N) is 1. The van der Waals surface area contributed by atoms with Crippen LogP contribution in [0.25, 0.3) is 0 Å². The number of aromatic nitrogens is 1. The fourth-order valence-electron chi connectivity index (χ4n) is 1.73. The summed E-state index contributed by atoms with van der Waals surface area (Å²) in [6, 6.07) is 3.47. The van der Waals surface area contributed by atoms with Gasteiger partial charge in [-0.05, 0) is 18.1 Å². The van der Waals surface area contributed by atoms with Crippen molar-refractivity contribution in [1.29, 1.82) is 0 Å². The van der Waals surface area contributed by atoms with E-state index in [-0.39, 0.29) is 6.04 Å². The van der Waals surface area contributed by atoms with Gasteiger partial charge in [0.2, 0.25) is 0 Å². The smallest absolute Gasteiger partial charge is 0.129 e. The first-order chi connectivity index (χ1) is 8.69. The first-order valence-corrected chi connectivity index (χ1v) is 6.34. The summed E-state index contributed by atoms with van der Waals surface area (Å²) in [5.41, 5.74) is 4.83. The monoisotopic (exact) mass is 269 g/mol. The maximum absolute atomic E-state index is 13.5. The summed E-state index contributed by atoms with van der Waals surface area (Å²) in [6.45, 7) is 0. The van der Waals surface area contributed by atoms with Gasteiger partial charge in [0.1, 0.15) is 11.6 Å². The van der Waals surface area contributed by atoms with Crippen molar-refractivity contribution in [3.8, 4) is 0 Å². The molecule has 0 spiro atoms. The summed E-state index contributed by atoms with van der Waals surface area (Å²) in [5, 5.41) is 0. The Morgan fingerprint density at radius 2 is 2.17 bits per heavy atom. The molecule has 3 nitrogen and oxygen atoms in total. The van der Waals surface area contributed by atoms with E-state index in [1.165, 1.54) is 23.5 Å². The third kappa shape index (κ3) is 3.32. The molecule has 0 aliphatic heterocycles. The van der Waals surface area contributed by atoms with E-state index in [2.05, 4.69) is 10.4 Å². The molecule has 0 bridgehead atoms. The Hall–Kier alpha value is -1.37. The van der Waals surface area contributed by atoms with Crippen LogP contribution in [0.2, 0.25) is 0 Å². The van der Waals surface area contributed by atoms with Gasteiger partial charge in [0.05, 0.1) is 5.51 Å². The zero-order valence-electron chi connectivity index (χ0n) is 9.57. The van der Waals surface area contributed by atoms with Crippen LogP contribution in [0.4, 0.5) is 8.78 Å². The largest absolute Gasteiger partial charge is 0.271 e. The molecule has 1 atom stereocenters. The highest BCUT2D eigenvalue weighted by Gasteiger charge is 2.13. The summed E-state index contributed by atoms with van der Waals surface area (Å²) < 4.78 is 26.3. The van der Waals surface area contributed by atoms with Gasteiger partial charge in [-0.2, -0.15) is 0 Å². The zero-order chi connectivity index (χ0) is 13.0. The predicted molar refractivity (Wildman–Crippen MR) is 67.0 cm³/mol. The predicted octanol–water partition coefficient (Wildman–Crippen LogP) is 2.04. The van der Waals surface area contributed by atoms with Crippen LogP contribution >= 0.6 is 11.3 Å². The van der Waals surface area contributed by atoms with E-state index in [1.807, 2.05) is 0 Å². The fourth-order valence-corrected chi connectivity index (χ4v) is 2.40. The molecule has 0 saturated carbocycles. The SMILES string of the molecule is NNC(Cc1cncs1)Cc1ccc(F)cc1F. The molecular formula is C12H13F2N3S. The summed E-state index contributed by atoms with van der Waals surface area (Å²) in [7, 11) is 0. The summed E-state index contributed by atoms with van der Waals surface area (Å²) in [5.74, 6) is 4.34. The van der Waals surface area contributed by atoms with Crippen molar-refractivity contribution in [2.24, 2.45) is 5.84 Å². The molecule has 0 saturated heterocycles. The van der Waals surface area contributed by atoms with Crippen LogP contribution in [-0.4, -0.2) is 11.0 Å². The molecule has 0 radical (unpaired) electrons. The number of rotatable bonds is 5. The molecule has 3 N–H and O–H groups in total. The normalized spacial score (nSPS) is 12.6. The lowest BCUT2D eigenvalue weighted by molar-refractivity contribution is 0.504. The highest BCUT2D eigenvalue weighted by atomic mass is 32.1. The number of hydrogen-bond donors (Lipinski definition) is 2. The Morgan fingerprint density at radius 3 is 2.78 bits per heavy atom. The van der Waals surface area contributed by atoms with Gasteiger partial charge in [0.25, 0.3) is 0 Å². The third-order valence-electron chi connectivity index (χ3n) is 2.65. The summed E-state index contributed by atoms with van der Waals surface area (Å²) in [4.78, 5) is 5.04. The topological polar surface area (TPSA) is 50.9 Å². The van der Waals surface area contributed by atoms with Gasteiger partial charge < -0.3 is 0 Å². The van der Waals surface area contributed by atoms with Crippen LogP contribution in [-0.2, 0) is 12.8 Å². The van der Waals surface area contributed by atoms with Gasteiger partial charge in [-0.1, -0.05) is 6.07 Å². The molecule has 0 aliphatic rings. The Kier molecular flexibility index (Phi) is 4.35. The van der Waals surface area contributed by atoms with Crippen molar-refractivity contribution in [1.82, 2.24) is 10.4 Å². The van der Waals surface area contributed by atoms with E-state index in [9.17, 15) is 8.78 Å². The number of thiazole rings is 1. The maximum atomic E-state index is 13.5. The molecule has 1 heterocycles. The molecule has 1 aromatic heterocycles. The van der Waals surface area contributed by atoms with Gasteiger partial charge in [-0.15, -0.1) is 11.3 Å². The molecule has 0 fully saturated rings. The molecule has 1 unspecified atom stereocenters. The number of benzene rings is 1. The molecular weight excluding hydrogens is 256 g/mol. The lowest BCUT2D eigenvalue weighted by Gasteiger charge is -2.15. The second-order valence-corrected chi connectivity index (χ2v) is 4.95. The summed E-state index contributed by atoms with van der Waals surface area (Å²) in [6.07, 6.45) is 2.83. The van der Waals surface area contributed by atoms with E-state index < -0.39 is 11.6 Å². The highest BCUT2D eigenvalue weighted by Crippen LogP contribution is 2.15. The molecule has 6 heteroatoms. The Balaban J connectivity index is 2.05. The minimum absolute atomic E-state index is 0.106. The van der Waals surface area contributed by atoms with Crippen LogP contribution in [0, 0.1) is 11.6 Å². The van der Waals surface area contributed by atoms with Crippen molar-refractivity contribution in [2.45, 2.75) is 18.9 Å². The quantitative estimate of drug-likeness (QED) is 0.645. The van der Waals surface area contributed by atoms with Gasteiger partial charge in [0, 0.05) is 29.6 Å². The number of nitrogens with zero attached hydrogens (tertiary/aromatic N) is 1. The molecule has 2 aromatic rings. The third-order valence-corrected chi connectivity index (χ3v) is 3.45. The van der Waals surface area contributed by atoms with Gasteiger partial charge in [-0.3, -0.25) is 16.3 Å². The van der Waals surface area contributed by atoms with E-state index in [1.54, 1.807) is 11.7 Å². The van der Waals surface area contributed by atoms with Gasteiger partial charge >= 0.3 is 0 Å². The van der Waals surface area contributed by atoms with E-state index in [4.69, 9.17) is 5.84 Å². The standard InChI is InChI=1S/C12H13F2N3S/c13-9-2-1-8(12(14)4-9)3-10(17-15)5-11-6-16-7-18-11/h1-2,4,6-7,10,17H,3,5,15H2. The molecule has 96 valence electrons. The van der Waals surface area contributed by atoms with E-state index in [0.29, 0.717) is 18.4 Å². The van der Waals surface area contributed by atoms with Crippen molar-refractivity contribution < 1.29 is 8.78 Å². The molecule has 18 heavy (non-hydrogen) atoms. The number of halogens is 2. The zero-order valence-corrected chi connectivity index (χ0v) is 10.4. The van der Waals surface area contributed by atoms with Crippen molar-refractivity contribution >= 4 is 11.3 Å². The first kappa shape index (κ1) is 13.1. The van der Waals surface area contributed by atoms with Crippen LogP contribution in [0.15, 0.2) is 29.9 Å². The number of nitrogens with two attached hydrogens (primary N) is 1. The van der Waals surface area contributed by atoms with Crippen molar-refractivity contribution in [2.75, 3.05) is 0 Å². The number of hydrogen-bond acceptors (Lipinski definition) is 4. The molecule has 0 amide bonds. The number of hydrazine groups is 1. The lowest BCUT2D eigenvalue weighted by atomic mass is 10.0. The van der Waals surface area contributed by atoms with Crippen molar-refractivity contribution in [3.63, 3.8) is 0 Å². The van der Waals surface area contributed by atoms with E-state index >= 15 is 0 Å². The Bertz CT molecular complexity index is 502. The van der Waals surface area contributed by atoms with Crippen molar-refractivity contribution in [3.05, 3.63) is 52.0 Å². The average Bonchev–Trinajstić information content (AvgIpc) is 2.84. The average molecular weight is 269 g/mol. The second-order valence-electron chi connectivity index (χ2n) is 3.98. The van der Waals surface area contributed by atoms with Gasteiger partial charge in [0.15, 0.2) is 0 Å². The van der Waals surface area contributed by atoms with Crippen LogP contribution in [0.5, 0.6) is 0 Å². The molecule has 0 aliphatic carbocycles. The second kappa shape index (κ2) is 5.99.